The molecule has 1 aromatic rings. The first kappa shape index (κ1) is 14.8. The molecule has 0 saturated carbocycles. The summed E-state index contributed by atoms with van der Waals surface area (Å²) in [5, 5.41) is 5.56. The minimum absolute atomic E-state index is 0.0675. The van der Waals surface area contributed by atoms with Gasteiger partial charge in [-0.3, -0.25) is 4.79 Å². The van der Waals surface area contributed by atoms with Crippen molar-refractivity contribution in [3.05, 3.63) is 22.4 Å². The molecule has 0 unspecified atom stereocenters. The summed E-state index contributed by atoms with van der Waals surface area (Å²) in [5.74, 6) is -0.176. The van der Waals surface area contributed by atoms with Gasteiger partial charge in [-0.05, 0) is 27.9 Å². The highest BCUT2D eigenvalue weighted by Crippen LogP contribution is 2.26. The van der Waals surface area contributed by atoms with E-state index in [1.165, 1.54) is 12.1 Å². The van der Waals surface area contributed by atoms with E-state index in [1.807, 2.05) is 13.8 Å². The fourth-order valence-electron chi connectivity index (χ4n) is 1.27. The average Bonchev–Trinajstić information content (AvgIpc) is 2.29. The van der Waals surface area contributed by atoms with E-state index < -0.39 is 5.82 Å². The van der Waals surface area contributed by atoms with Crippen molar-refractivity contribution in [1.29, 1.82) is 0 Å². The number of rotatable bonds is 5. The number of amides is 1. The molecule has 4 N–H and O–H groups in total. The smallest absolute Gasteiger partial charge is 0.239 e. The number of halogens is 2. The van der Waals surface area contributed by atoms with Crippen LogP contribution in [-0.4, -0.2) is 19.0 Å². The highest BCUT2D eigenvalue weighted by atomic mass is 79.9. The lowest BCUT2D eigenvalue weighted by Crippen LogP contribution is -2.32. The van der Waals surface area contributed by atoms with Gasteiger partial charge in [-0.2, -0.15) is 0 Å². The summed E-state index contributed by atoms with van der Waals surface area (Å²) in [6.45, 7) is 4.70. The van der Waals surface area contributed by atoms with Gasteiger partial charge >= 0.3 is 0 Å². The topological polar surface area (TPSA) is 67.2 Å². The second-order valence-electron chi connectivity index (χ2n) is 4.41. The van der Waals surface area contributed by atoms with Crippen molar-refractivity contribution < 1.29 is 9.18 Å². The van der Waals surface area contributed by atoms with E-state index >= 15 is 0 Å². The number of carbonyl (C=O) groups excluding carboxylic acids is 1. The summed E-state index contributed by atoms with van der Waals surface area (Å²) in [7, 11) is 0. The molecule has 4 nitrogen and oxygen atoms in total. The van der Waals surface area contributed by atoms with Crippen molar-refractivity contribution >= 4 is 33.2 Å². The predicted molar refractivity (Wildman–Crippen MR) is 74.8 cm³/mol. The lowest BCUT2D eigenvalue weighted by atomic mass is 10.2. The standard InChI is InChI=1S/C12H17BrFN3O/c1-7(2)5-17-12(18)6-16-11-4-9(14)8(13)3-10(11)15/h3-4,7,16H,5-6,15H2,1-2H3,(H,17,18). The Morgan fingerprint density at radius 2 is 2.17 bits per heavy atom. The molecular formula is C12H17BrFN3O. The Morgan fingerprint density at radius 3 is 2.78 bits per heavy atom. The summed E-state index contributed by atoms with van der Waals surface area (Å²) >= 11 is 3.04. The van der Waals surface area contributed by atoms with Gasteiger partial charge in [0.2, 0.25) is 5.91 Å². The van der Waals surface area contributed by atoms with Crippen LogP contribution in [-0.2, 0) is 4.79 Å². The number of carbonyl (C=O) groups is 1. The third-order valence-corrected chi connectivity index (χ3v) is 2.85. The highest BCUT2D eigenvalue weighted by molar-refractivity contribution is 9.10. The SMILES string of the molecule is CC(C)CNC(=O)CNc1cc(F)c(Br)cc1N. The molecule has 0 bridgehead atoms. The number of nitrogens with two attached hydrogens (primary N) is 1. The lowest BCUT2D eigenvalue weighted by molar-refractivity contribution is -0.119. The molecule has 0 aliphatic carbocycles. The largest absolute Gasteiger partial charge is 0.397 e. The van der Waals surface area contributed by atoms with Crippen LogP contribution < -0.4 is 16.4 Å². The fourth-order valence-corrected chi connectivity index (χ4v) is 1.63. The van der Waals surface area contributed by atoms with Crippen molar-refractivity contribution in [3.8, 4) is 0 Å². The minimum atomic E-state index is -0.422. The molecule has 0 radical (unpaired) electrons. The minimum Gasteiger partial charge on any atom is -0.397 e. The van der Waals surface area contributed by atoms with Crippen molar-refractivity contribution in [2.75, 3.05) is 24.1 Å². The van der Waals surface area contributed by atoms with Gasteiger partial charge in [-0.1, -0.05) is 13.8 Å². The Bertz CT molecular complexity index is 438. The molecule has 0 atom stereocenters. The van der Waals surface area contributed by atoms with Crippen LogP contribution in [0.5, 0.6) is 0 Å². The molecule has 1 amide bonds. The lowest BCUT2D eigenvalue weighted by Gasteiger charge is -2.11. The van der Waals surface area contributed by atoms with Crippen LogP contribution in [0.3, 0.4) is 0 Å². The Kier molecular flexibility index (Phi) is 5.40. The van der Waals surface area contributed by atoms with Crippen molar-refractivity contribution in [2.24, 2.45) is 5.92 Å². The summed E-state index contributed by atoms with van der Waals surface area (Å²) < 4.78 is 13.6. The number of hydrogen-bond acceptors (Lipinski definition) is 3. The van der Waals surface area contributed by atoms with E-state index in [0.717, 1.165) is 0 Å². The molecule has 1 rings (SSSR count). The first-order valence-electron chi connectivity index (χ1n) is 5.65. The van der Waals surface area contributed by atoms with Crippen LogP contribution in [0.1, 0.15) is 13.8 Å². The van der Waals surface area contributed by atoms with Crippen LogP contribution in [0.25, 0.3) is 0 Å². The Morgan fingerprint density at radius 1 is 1.50 bits per heavy atom. The molecule has 100 valence electrons. The molecule has 0 fully saturated rings. The van der Waals surface area contributed by atoms with E-state index in [2.05, 4.69) is 26.6 Å². The second kappa shape index (κ2) is 6.58. The monoisotopic (exact) mass is 317 g/mol. The van der Waals surface area contributed by atoms with Gasteiger partial charge in [0.25, 0.3) is 0 Å². The van der Waals surface area contributed by atoms with E-state index in [1.54, 1.807) is 0 Å². The molecule has 0 spiro atoms. The van der Waals surface area contributed by atoms with Crippen molar-refractivity contribution in [3.63, 3.8) is 0 Å². The Hall–Kier alpha value is -1.30. The third-order valence-electron chi connectivity index (χ3n) is 2.24. The normalized spacial score (nSPS) is 10.5. The van der Waals surface area contributed by atoms with E-state index in [4.69, 9.17) is 5.73 Å². The van der Waals surface area contributed by atoms with Gasteiger partial charge in [-0.15, -0.1) is 0 Å². The zero-order chi connectivity index (χ0) is 13.7. The molecule has 0 aromatic heterocycles. The van der Waals surface area contributed by atoms with E-state index in [0.29, 0.717) is 28.3 Å². The first-order valence-corrected chi connectivity index (χ1v) is 6.44. The number of nitrogens with one attached hydrogen (secondary N) is 2. The molecule has 1 aromatic carbocycles. The Labute approximate surface area is 114 Å². The maximum absolute atomic E-state index is 13.3. The average molecular weight is 318 g/mol. The maximum atomic E-state index is 13.3. The van der Waals surface area contributed by atoms with Gasteiger partial charge in [0.15, 0.2) is 0 Å². The third kappa shape index (κ3) is 4.52. The summed E-state index contributed by atoms with van der Waals surface area (Å²) in [6, 6.07) is 2.72. The van der Waals surface area contributed by atoms with Gasteiger partial charge in [-0.25, -0.2) is 4.39 Å². The van der Waals surface area contributed by atoms with Gasteiger partial charge in [0, 0.05) is 12.6 Å². The summed E-state index contributed by atoms with van der Waals surface area (Å²) in [6.07, 6.45) is 0. The fraction of sp³-hybridized carbons (Fsp3) is 0.417. The quantitative estimate of drug-likeness (QED) is 0.730. The van der Waals surface area contributed by atoms with Crippen molar-refractivity contribution in [2.45, 2.75) is 13.8 Å². The number of nitrogen functional groups attached to an aromatic ring is 1. The molecular weight excluding hydrogens is 301 g/mol. The van der Waals surface area contributed by atoms with Crippen LogP contribution in [0.15, 0.2) is 16.6 Å². The number of anilines is 2. The molecule has 6 heteroatoms. The molecule has 0 aliphatic rings. The zero-order valence-electron chi connectivity index (χ0n) is 10.4. The first-order chi connectivity index (χ1) is 8.40. The molecule has 0 aliphatic heterocycles. The van der Waals surface area contributed by atoms with Gasteiger partial charge in [0.05, 0.1) is 22.4 Å². The summed E-state index contributed by atoms with van der Waals surface area (Å²) in [5.41, 5.74) is 6.51. The van der Waals surface area contributed by atoms with Crippen LogP contribution >= 0.6 is 15.9 Å². The van der Waals surface area contributed by atoms with Crippen LogP contribution in [0, 0.1) is 11.7 Å². The molecule has 0 heterocycles. The highest BCUT2D eigenvalue weighted by Gasteiger charge is 2.07. The molecule has 0 saturated heterocycles. The Balaban J connectivity index is 2.53. The van der Waals surface area contributed by atoms with Crippen molar-refractivity contribution in [1.82, 2.24) is 5.32 Å². The molecule has 18 heavy (non-hydrogen) atoms. The van der Waals surface area contributed by atoms with E-state index in [9.17, 15) is 9.18 Å². The number of hydrogen-bond donors (Lipinski definition) is 3. The summed E-state index contributed by atoms with van der Waals surface area (Å²) in [4.78, 5) is 11.5. The van der Waals surface area contributed by atoms with Gasteiger partial charge < -0.3 is 16.4 Å². The van der Waals surface area contributed by atoms with Crippen LogP contribution in [0.4, 0.5) is 15.8 Å². The zero-order valence-corrected chi connectivity index (χ0v) is 12.0. The van der Waals surface area contributed by atoms with Crippen LogP contribution in [0.2, 0.25) is 0 Å². The maximum Gasteiger partial charge on any atom is 0.239 e. The number of benzene rings is 1. The van der Waals surface area contributed by atoms with E-state index in [-0.39, 0.29) is 12.5 Å². The van der Waals surface area contributed by atoms with Gasteiger partial charge in [0.1, 0.15) is 5.82 Å². The predicted octanol–water partition coefficient (Wildman–Crippen LogP) is 2.35. The second-order valence-corrected chi connectivity index (χ2v) is 5.26.